The number of aromatic nitrogens is 2. The van der Waals surface area contributed by atoms with Crippen molar-refractivity contribution in [3.8, 4) is 10.6 Å². The van der Waals surface area contributed by atoms with Gasteiger partial charge in [-0.05, 0) is 36.6 Å². The number of rotatable bonds is 8. The number of aliphatic imine (C=N–C) groups is 1. The van der Waals surface area contributed by atoms with Crippen LogP contribution in [-0.4, -0.2) is 48.7 Å². The van der Waals surface area contributed by atoms with E-state index in [2.05, 4.69) is 15.2 Å². The van der Waals surface area contributed by atoms with Gasteiger partial charge in [-0.15, -0.1) is 22.0 Å². The van der Waals surface area contributed by atoms with Gasteiger partial charge in [0.05, 0.1) is 16.1 Å². The molecule has 36 heavy (non-hydrogen) atoms. The molecule has 0 fully saturated rings. The van der Waals surface area contributed by atoms with Gasteiger partial charge >= 0.3 is 12.1 Å². The molecule has 0 unspecified atom stereocenters. The van der Waals surface area contributed by atoms with E-state index in [9.17, 15) is 26.4 Å². The fourth-order valence-electron chi connectivity index (χ4n) is 2.79. The van der Waals surface area contributed by atoms with Crippen molar-refractivity contribution in [3.63, 3.8) is 0 Å². The fourth-order valence-corrected chi connectivity index (χ4v) is 4.48. The predicted octanol–water partition coefficient (Wildman–Crippen LogP) is 4.45. The number of allylic oxidation sites excluding steroid dienone is 1. The minimum Gasteiger partial charge on any atom is -0.450 e. The number of alkyl halides is 3. The number of para-hydroxylation sites is 1. The van der Waals surface area contributed by atoms with E-state index in [1.807, 2.05) is 0 Å². The summed E-state index contributed by atoms with van der Waals surface area (Å²) in [6, 6.07) is 10.6. The molecule has 0 atom stereocenters. The molecule has 0 radical (unpaired) electrons. The Morgan fingerprint density at radius 2 is 1.92 bits per heavy atom. The summed E-state index contributed by atoms with van der Waals surface area (Å²) in [6.07, 6.45) is -0.858. The fraction of sp³-hybridized carbons (Fsp3) is 0.182. The Hall–Kier alpha value is -3.23. The topological polar surface area (TPSA) is 125 Å². The normalized spacial score (nSPS) is 13.0. The summed E-state index contributed by atoms with van der Waals surface area (Å²) >= 11 is 2.16. The lowest BCUT2D eigenvalue weighted by molar-refractivity contribution is -0.137. The highest BCUT2D eigenvalue weighted by molar-refractivity contribution is 7.98. The van der Waals surface area contributed by atoms with Gasteiger partial charge in [0.2, 0.25) is 0 Å². The molecule has 1 heterocycles. The molecule has 3 rings (SSSR count). The number of halogens is 3. The maximum Gasteiger partial charge on any atom is 0.418 e. The van der Waals surface area contributed by atoms with Gasteiger partial charge in [0, 0.05) is 11.8 Å². The molecule has 8 nitrogen and oxygen atoms in total. The molecule has 0 aliphatic carbocycles. The first-order valence-electron chi connectivity index (χ1n) is 9.92. The number of benzene rings is 2. The first-order valence-corrected chi connectivity index (χ1v) is 14.0. The SMILES string of the molecule is CSCOC(=O)C(N)=CC(=Nc1ccccc1C(F)(F)F)c1nnc(-c2cccc(S(C)(=O)=O)c2)s1. The summed E-state index contributed by atoms with van der Waals surface area (Å²) < 4.78 is 69.3. The number of thioether (sulfide) groups is 1. The smallest absolute Gasteiger partial charge is 0.418 e. The summed E-state index contributed by atoms with van der Waals surface area (Å²) in [5.74, 6) is -0.858. The molecule has 0 spiro atoms. The van der Waals surface area contributed by atoms with Crippen molar-refractivity contribution < 1.29 is 31.1 Å². The van der Waals surface area contributed by atoms with E-state index in [0.29, 0.717) is 5.56 Å². The Bertz CT molecular complexity index is 1430. The molecule has 0 saturated carbocycles. The zero-order valence-electron chi connectivity index (χ0n) is 18.8. The summed E-state index contributed by atoms with van der Waals surface area (Å²) in [6.45, 7) is 0. The van der Waals surface area contributed by atoms with Gasteiger partial charge in [-0.1, -0.05) is 35.6 Å². The Labute approximate surface area is 213 Å². The Kier molecular flexibility index (Phi) is 8.53. The average molecular weight is 557 g/mol. The number of hydrogen-bond donors (Lipinski definition) is 1. The molecule has 0 saturated heterocycles. The molecule has 0 bridgehead atoms. The number of sulfone groups is 1. The molecular weight excluding hydrogens is 537 g/mol. The second kappa shape index (κ2) is 11.2. The monoisotopic (exact) mass is 556 g/mol. The quantitative estimate of drug-likeness (QED) is 0.187. The third kappa shape index (κ3) is 6.92. The van der Waals surface area contributed by atoms with Crippen molar-refractivity contribution in [1.29, 1.82) is 0 Å². The van der Waals surface area contributed by atoms with Crippen LogP contribution in [0.3, 0.4) is 0 Å². The predicted molar refractivity (Wildman–Crippen MR) is 133 cm³/mol. The number of esters is 1. The summed E-state index contributed by atoms with van der Waals surface area (Å²) in [7, 11) is -3.49. The van der Waals surface area contributed by atoms with Crippen molar-refractivity contribution in [2.75, 3.05) is 18.5 Å². The highest BCUT2D eigenvalue weighted by Gasteiger charge is 2.33. The molecule has 0 aliphatic rings. The number of hydrogen-bond acceptors (Lipinski definition) is 10. The lowest BCUT2D eigenvalue weighted by atomic mass is 10.1. The van der Waals surface area contributed by atoms with Gasteiger partial charge in [-0.2, -0.15) is 13.2 Å². The lowest BCUT2D eigenvalue weighted by Crippen LogP contribution is -2.16. The highest BCUT2D eigenvalue weighted by Crippen LogP contribution is 2.36. The van der Waals surface area contributed by atoms with Crippen LogP contribution in [0.15, 0.2) is 70.2 Å². The molecule has 0 amide bonds. The van der Waals surface area contributed by atoms with Crippen LogP contribution >= 0.6 is 23.1 Å². The van der Waals surface area contributed by atoms with E-state index in [1.165, 1.54) is 42.1 Å². The van der Waals surface area contributed by atoms with Gasteiger partial charge in [-0.25, -0.2) is 18.2 Å². The largest absolute Gasteiger partial charge is 0.450 e. The average Bonchev–Trinajstić information content (AvgIpc) is 3.31. The van der Waals surface area contributed by atoms with Crippen LogP contribution in [0.1, 0.15) is 10.6 Å². The van der Waals surface area contributed by atoms with Crippen molar-refractivity contribution in [3.05, 3.63) is 70.9 Å². The van der Waals surface area contributed by atoms with Crippen LogP contribution in [0, 0.1) is 0 Å². The molecule has 2 aromatic carbocycles. The molecule has 0 aliphatic heterocycles. The summed E-state index contributed by atoms with van der Waals surface area (Å²) in [5, 5.41) is 8.35. The number of carbonyl (C=O) groups excluding carboxylic acids is 1. The van der Waals surface area contributed by atoms with Crippen LogP contribution in [0.4, 0.5) is 18.9 Å². The minimum absolute atomic E-state index is 0.0242. The van der Waals surface area contributed by atoms with Crippen LogP contribution in [0.25, 0.3) is 10.6 Å². The van der Waals surface area contributed by atoms with Gasteiger partial charge in [0.15, 0.2) is 14.8 Å². The van der Waals surface area contributed by atoms with E-state index in [-0.39, 0.29) is 26.6 Å². The van der Waals surface area contributed by atoms with Crippen molar-refractivity contribution in [2.45, 2.75) is 11.1 Å². The highest BCUT2D eigenvalue weighted by atomic mass is 32.2. The molecule has 2 N–H and O–H groups in total. The summed E-state index contributed by atoms with van der Waals surface area (Å²) in [5.41, 5.74) is 4.27. The van der Waals surface area contributed by atoms with E-state index in [0.717, 1.165) is 35.8 Å². The summed E-state index contributed by atoms with van der Waals surface area (Å²) in [4.78, 5) is 16.3. The van der Waals surface area contributed by atoms with Crippen LogP contribution in [0.2, 0.25) is 0 Å². The first kappa shape index (κ1) is 27.4. The Morgan fingerprint density at radius 3 is 2.58 bits per heavy atom. The molecule has 1 aromatic heterocycles. The van der Waals surface area contributed by atoms with Gasteiger partial charge in [0.1, 0.15) is 22.4 Å². The van der Waals surface area contributed by atoms with E-state index < -0.39 is 38.9 Å². The minimum atomic E-state index is -4.68. The van der Waals surface area contributed by atoms with E-state index >= 15 is 0 Å². The zero-order valence-corrected chi connectivity index (χ0v) is 21.3. The maximum atomic E-state index is 13.5. The number of carbonyl (C=O) groups is 1. The van der Waals surface area contributed by atoms with Gasteiger partial charge in [0.25, 0.3) is 0 Å². The van der Waals surface area contributed by atoms with Gasteiger partial charge in [-0.3, -0.25) is 0 Å². The Morgan fingerprint density at radius 1 is 1.19 bits per heavy atom. The van der Waals surface area contributed by atoms with Crippen LogP contribution in [-0.2, 0) is 25.5 Å². The Balaban J connectivity index is 2.12. The lowest BCUT2D eigenvalue weighted by Gasteiger charge is -2.10. The third-order valence-corrected chi connectivity index (χ3v) is 6.90. The number of nitrogens with two attached hydrogens (primary N) is 1. The van der Waals surface area contributed by atoms with Crippen LogP contribution in [0.5, 0.6) is 0 Å². The molecule has 14 heteroatoms. The second-order valence-electron chi connectivity index (χ2n) is 7.16. The molecular formula is C22H19F3N4O4S3. The first-order chi connectivity index (χ1) is 16.9. The molecule has 3 aromatic rings. The van der Waals surface area contributed by atoms with Crippen LogP contribution < -0.4 is 5.73 Å². The van der Waals surface area contributed by atoms with E-state index in [4.69, 9.17) is 10.5 Å². The third-order valence-electron chi connectivity index (χ3n) is 4.44. The van der Waals surface area contributed by atoms with Crippen molar-refractivity contribution >= 4 is 50.3 Å². The second-order valence-corrected chi connectivity index (χ2v) is 11.0. The number of ether oxygens (including phenoxy) is 1. The van der Waals surface area contributed by atoms with Crippen molar-refractivity contribution in [2.24, 2.45) is 10.7 Å². The van der Waals surface area contributed by atoms with E-state index in [1.54, 1.807) is 12.3 Å². The maximum absolute atomic E-state index is 13.5. The standard InChI is InChI=1S/C22H19F3N4O4S3/c1-34-12-33-21(30)16(26)11-18(27-17-9-4-3-8-15(17)22(23,24)25)20-29-28-19(35-20)13-6-5-7-14(10-13)36(2,31)32/h3-11H,12,26H2,1-2H3. The molecule has 190 valence electrons. The van der Waals surface area contributed by atoms with Crippen molar-refractivity contribution in [1.82, 2.24) is 10.2 Å². The van der Waals surface area contributed by atoms with Gasteiger partial charge < -0.3 is 10.5 Å². The number of nitrogens with zero attached hydrogens (tertiary/aromatic N) is 3. The zero-order chi connectivity index (χ0) is 26.5.